The summed E-state index contributed by atoms with van der Waals surface area (Å²) in [5, 5.41) is 4.40. The minimum absolute atomic E-state index is 0.242. The molecule has 2 saturated heterocycles. The van der Waals surface area contributed by atoms with Crippen LogP contribution in [0.15, 0.2) is 36.4 Å². The van der Waals surface area contributed by atoms with E-state index in [9.17, 15) is 4.79 Å². The third-order valence-corrected chi connectivity index (χ3v) is 6.94. The van der Waals surface area contributed by atoms with Gasteiger partial charge in [-0.1, -0.05) is 24.3 Å². The number of nitrogens with one attached hydrogen (secondary N) is 1. The molecule has 3 heterocycles. The van der Waals surface area contributed by atoms with Gasteiger partial charge in [-0.15, -0.1) is 0 Å². The summed E-state index contributed by atoms with van der Waals surface area (Å²) in [4.78, 5) is 22.3. The lowest BCUT2D eigenvalue weighted by atomic mass is 9.92. The van der Waals surface area contributed by atoms with Crippen molar-refractivity contribution in [2.45, 2.75) is 57.2 Å². The fourth-order valence-electron chi connectivity index (χ4n) is 4.94. The molecule has 1 amide bonds. The Bertz CT molecular complexity index is 849. The van der Waals surface area contributed by atoms with Crippen molar-refractivity contribution in [3.8, 4) is 0 Å². The van der Waals surface area contributed by atoms with Gasteiger partial charge in [-0.05, 0) is 63.7 Å². The van der Waals surface area contributed by atoms with Crippen LogP contribution in [0.25, 0.3) is 10.9 Å². The van der Waals surface area contributed by atoms with Crippen molar-refractivity contribution < 1.29 is 4.79 Å². The fourth-order valence-corrected chi connectivity index (χ4v) is 4.94. The Morgan fingerprint density at radius 2 is 1.69 bits per heavy atom. The number of hydrogen-bond acceptors (Lipinski definition) is 4. The van der Waals surface area contributed by atoms with Crippen molar-refractivity contribution in [1.82, 2.24) is 20.1 Å². The maximum absolute atomic E-state index is 12.3. The Balaban J connectivity index is 1.08. The Morgan fingerprint density at radius 3 is 2.45 bits per heavy atom. The highest BCUT2D eigenvalue weighted by molar-refractivity contribution is 5.79. The van der Waals surface area contributed by atoms with Crippen molar-refractivity contribution >= 4 is 16.8 Å². The molecule has 1 aromatic heterocycles. The average Bonchev–Trinajstić information content (AvgIpc) is 3.58. The van der Waals surface area contributed by atoms with Crippen LogP contribution < -0.4 is 5.32 Å². The summed E-state index contributed by atoms with van der Waals surface area (Å²) >= 11 is 0. The van der Waals surface area contributed by atoms with Gasteiger partial charge in [0.2, 0.25) is 5.91 Å². The van der Waals surface area contributed by atoms with Crippen molar-refractivity contribution in [2.75, 3.05) is 26.2 Å². The summed E-state index contributed by atoms with van der Waals surface area (Å²) in [7, 11) is 0. The number of aromatic nitrogens is 1. The number of piperidine rings is 2. The quantitative estimate of drug-likeness (QED) is 0.849. The molecule has 5 heteroatoms. The van der Waals surface area contributed by atoms with Crippen LogP contribution >= 0.6 is 0 Å². The molecule has 1 saturated carbocycles. The summed E-state index contributed by atoms with van der Waals surface area (Å²) in [6, 6.07) is 13.9. The highest BCUT2D eigenvalue weighted by Gasteiger charge is 2.32. The topological polar surface area (TPSA) is 48.5 Å². The van der Waals surface area contributed by atoms with Crippen LogP contribution in [-0.4, -0.2) is 59.0 Å². The summed E-state index contributed by atoms with van der Waals surface area (Å²) in [6.07, 6.45) is 6.87. The summed E-state index contributed by atoms with van der Waals surface area (Å²) in [6.45, 7) is 5.39. The van der Waals surface area contributed by atoms with E-state index in [1.807, 2.05) is 0 Å². The van der Waals surface area contributed by atoms with Gasteiger partial charge in [0, 0.05) is 43.0 Å². The van der Waals surface area contributed by atoms with E-state index >= 15 is 0 Å². The van der Waals surface area contributed by atoms with Gasteiger partial charge >= 0.3 is 0 Å². The van der Waals surface area contributed by atoms with Crippen LogP contribution in [0.3, 0.4) is 0 Å². The predicted octanol–water partition coefficient (Wildman–Crippen LogP) is 3.19. The molecule has 1 aliphatic carbocycles. The number of carbonyl (C=O) groups is 1. The normalized spacial score (nSPS) is 22.8. The van der Waals surface area contributed by atoms with Crippen molar-refractivity contribution in [3.05, 3.63) is 42.1 Å². The number of amides is 1. The van der Waals surface area contributed by atoms with Gasteiger partial charge in [-0.2, -0.15) is 0 Å². The lowest BCUT2D eigenvalue weighted by molar-refractivity contribution is -0.126. The van der Waals surface area contributed by atoms with E-state index in [0.717, 1.165) is 51.1 Å². The molecule has 0 bridgehead atoms. The van der Waals surface area contributed by atoms with Crippen molar-refractivity contribution in [1.29, 1.82) is 0 Å². The largest absolute Gasteiger partial charge is 0.353 e. The molecule has 3 aliphatic rings. The van der Waals surface area contributed by atoms with Crippen LogP contribution in [0.4, 0.5) is 0 Å². The van der Waals surface area contributed by atoms with Gasteiger partial charge in [0.1, 0.15) is 0 Å². The van der Waals surface area contributed by atoms with E-state index in [4.69, 9.17) is 4.98 Å². The number of hydrogen-bond donors (Lipinski definition) is 1. The first kappa shape index (κ1) is 19.0. The molecule has 29 heavy (non-hydrogen) atoms. The smallest absolute Gasteiger partial charge is 0.223 e. The minimum Gasteiger partial charge on any atom is -0.353 e. The molecule has 0 atom stereocenters. The van der Waals surface area contributed by atoms with E-state index < -0.39 is 0 Å². The SMILES string of the molecule is O=C(NC1CC1)C1CCN(C2CCN(Cc3ccc4ccccc4n3)CC2)CC1. The number of likely N-dealkylation sites (tertiary alicyclic amines) is 2. The van der Waals surface area contributed by atoms with E-state index in [-0.39, 0.29) is 5.92 Å². The molecule has 1 N–H and O–H groups in total. The van der Waals surface area contributed by atoms with Crippen molar-refractivity contribution in [3.63, 3.8) is 0 Å². The lowest BCUT2D eigenvalue weighted by Gasteiger charge is -2.41. The summed E-state index contributed by atoms with van der Waals surface area (Å²) in [5.41, 5.74) is 2.26. The predicted molar refractivity (Wildman–Crippen MR) is 116 cm³/mol. The van der Waals surface area contributed by atoms with Crippen LogP contribution in [0, 0.1) is 5.92 Å². The maximum Gasteiger partial charge on any atom is 0.223 e. The van der Waals surface area contributed by atoms with Gasteiger partial charge in [-0.3, -0.25) is 14.7 Å². The molecular weight excluding hydrogens is 360 g/mol. The second-order valence-corrected chi connectivity index (χ2v) is 9.10. The molecule has 1 aromatic carbocycles. The standard InChI is InChI=1S/C24H32N4O/c29-24(26-20-7-8-20)19-9-15-28(16-10-19)22-11-13-27(14-12-22)17-21-6-5-18-3-1-2-4-23(18)25-21/h1-6,19-20,22H,7-17H2,(H,26,29). The molecule has 2 aliphatic heterocycles. The Labute approximate surface area is 173 Å². The zero-order valence-electron chi connectivity index (χ0n) is 17.2. The molecule has 154 valence electrons. The number of para-hydroxylation sites is 1. The third kappa shape index (κ3) is 4.62. The highest BCUT2D eigenvalue weighted by Crippen LogP contribution is 2.26. The average molecular weight is 393 g/mol. The van der Waals surface area contributed by atoms with Crippen LogP contribution in [0.2, 0.25) is 0 Å². The summed E-state index contributed by atoms with van der Waals surface area (Å²) in [5.74, 6) is 0.552. The van der Waals surface area contributed by atoms with E-state index in [2.05, 4.69) is 51.5 Å². The molecule has 5 nitrogen and oxygen atoms in total. The monoisotopic (exact) mass is 392 g/mol. The molecule has 0 radical (unpaired) electrons. The molecule has 3 fully saturated rings. The molecule has 0 unspecified atom stereocenters. The van der Waals surface area contributed by atoms with Gasteiger partial charge in [0.25, 0.3) is 0 Å². The second-order valence-electron chi connectivity index (χ2n) is 9.10. The number of pyridine rings is 1. The molecular formula is C24H32N4O. The number of carbonyl (C=O) groups excluding carboxylic acids is 1. The number of nitrogens with zero attached hydrogens (tertiary/aromatic N) is 3. The Kier molecular flexibility index (Phi) is 5.51. The summed E-state index contributed by atoms with van der Waals surface area (Å²) < 4.78 is 0. The zero-order chi connectivity index (χ0) is 19.6. The van der Waals surface area contributed by atoms with Gasteiger partial charge in [-0.25, -0.2) is 0 Å². The minimum atomic E-state index is 0.242. The first-order valence-electron chi connectivity index (χ1n) is 11.4. The van der Waals surface area contributed by atoms with E-state index in [0.29, 0.717) is 18.0 Å². The van der Waals surface area contributed by atoms with E-state index in [1.165, 1.54) is 36.8 Å². The van der Waals surface area contributed by atoms with Crippen molar-refractivity contribution in [2.24, 2.45) is 5.92 Å². The van der Waals surface area contributed by atoms with Crippen LogP contribution in [0.1, 0.15) is 44.2 Å². The molecule has 0 spiro atoms. The van der Waals surface area contributed by atoms with Crippen LogP contribution in [-0.2, 0) is 11.3 Å². The van der Waals surface area contributed by atoms with Crippen LogP contribution in [0.5, 0.6) is 0 Å². The third-order valence-electron chi connectivity index (χ3n) is 6.94. The number of benzene rings is 1. The second kappa shape index (κ2) is 8.41. The Hall–Kier alpha value is -1.98. The zero-order valence-corrected chi connectivity index (χ0v) is 17.2. The van der Waals surface area contributed by atoms with Gasteiger partial charge in [0.15, 0.2) is 0 Å². The van der Waals surface area contributed by atoms with E-state index in [1.54, 1.807) is 0 Å². The molecule has 2 aromatic rings. The van der Waals surface area contributed by atoms with Gasteiger partial charge in [0.05, 0.1) is 11.2 Å². The molecule has 5 rings (SSSR count). The fraction of sp³-hybridized carbons (Fsp3) is 0.583. The van der Waals surface area contributed by atoms with Gasteiger partial charge < -0.3 is 10.2 Å². The Morgan fingerprint density at radius 1 is 0.931 bits per heavy atom. The first-order valence-corrected chi connectivity index (χ1v) is 11.4. The lowest BCUT2D eigenvalue weighted by Crippen LogP contribution is -2.49. The number of rotatable bonds is 5. The highest BCUT2D eigenvalue weighted by atomic mass is 16.2. The number of fused-ring (bicyclic) bond motifs is 1. The maximum atomic E-state index is 12.3. The first-order chi connectivity index (χ1) is 14.2.